The zero-order valence-electron chi connectivity index (χ0n) is 15.5. The molecule has 0 bridgehead atoms. The molecule has 2 rings (SSSR count). The van der Waals surface area contributed by atoms with Crippen LogP contribution in [0, 0.1) is 5.92 Å². The minimum Gasteiger partial charge on any atom is -0.461 e. The highest BCUT2D eigenvalue weighted by Gasteiger charge is 2.20. The van der Waals surface area contributed by atoms with Gasteiger partial charge in [0.15, 0.2) is 5.69 Å². The topological polar surface area (TPSA) is 59.5 Å². The average Bonchev–Trinajstić information content (AvgIpc) is 3.09. The molecule has 27 heavy (non-hydrogen) atoms. The fraction of sp³-hybridized carbons (Fsp3) is 0.421. The number of rotatable bonds is 8. The summed E-state index contributed by atoms with van der Waals surface area (Å²) in [4.78, 5) is 30.8. The molecule has 0 N–H and O–H groups in total. The normalized spacial score (nSPS) is 10.9. The van der Waals surface area contributed by atoms with Crippen LogP contribution in [0.4, 0.5) is 0 Å². The molecular formula is C19H22Cl2N2O3S. The van der Waals surface area contributed by atoms with Crippen molar-refractivity contribution in [3.8, 4) is 0 Å². The Morgan fingerprint density at radius 1 is 1.26 bits per heavy atom. The lowest BCUT2D eigenvalue weighted by atomic mass is 10.1. The fourth-order valence-electron chi connectivity index (χ4n) is 2.32. The molecule has 2 aromatic rings. The van der Waals surface area contributed by atoms with Gasteiger partial charge >= 0.3 is 5.97 Å². The first-order valence-electron chi connectivity index (χ1n) is 8.67. The zero-order valence-corrected chi connectivity index (χ0v) is 17.8. The Labute approximate surface area is 173 Å². The second-order valence-corrected chi connectivity index (χ2v) is 8.14. The molecular weight excluding hydrogens is 407 g/mol. The number of carbonyl (C=O) groups excluding carboxylic acids is 2. The first-order valence-corrected chi connectivity index (χ1v) is 10.3. The van der Waals surface area contributed by atoms with Crippen LogP contribution in [-0.2, 0) is 11.3 Å². The lowest BCUT2D eigenvalue weighted by Crippen LogP contribution is -2.32. The number of ether oxygens (including phenoxy) is 1. The van der Waals surface area contributed by atoms with Crippen molar-refractivity contribution >= 4 is 46.4 Å². The van der Waals surface area contributed by atoms with Gasteiger partial charge in [-0.05, 0) is 37.5 Å². The van der Waals surface area contributed by atoms with Crippen molar-refractivity contribution in [2.45, 2.75) is 33.7 Å². The molecule has 0 saturated heterocycles. The van der Waals surface area contributed by atoms with E-state index in [-0.39, 0.29) is 11.6 Å². The molecule has 0 saturated carbocycles. The van der Waals surface area contributed by atoms with Crippen molar-refractivity contribution in [2.75, 3.05) is 13.2 Å². The van der Waals surface area contributed by atoms with Crippen molar-refractivity contribution in [3.63, 3.8) is 0 Å². The van der Waals surface area contributed by atoms with Crippen LogP contribution in [0.3, 0.4) is 0 Å². The first kappa shape index (κ1) is 21.7. The number of esters is 1. The number of benzene rings is 1. The van der Waals surface area contributed by atoms with Crippen LogP contribution in [0.15, 0.2) is 23.6 Å². The molecule has 0 radical (unpaired) electrons. The largest absolute Gasteiger partial charge is 0.461 e. The molecule has 0 fully saturated rings. The van der Waals surface area contributed by atoms with E-state index in [1.807, 2.05) is 0 Å². The second-order valence-electron chi connectivity index (χ2n) is 6.39. The summed E-state index contributed by atoms with van der Waals surface area (Å²) in [5.74, 6) is -0.160. The summed E-state index contributed by atoms with van der Waals surface area (Å²) in [5, 5.41) is 3.07. The van der Waals surface area contributed by atoms with Crippen molar-refractivity contribution in [3.05, 3.63) is 49.9 Å². The van der Waals surface area contributed by atoms with Gasteiger partial charge in [0.2, 0.25) is 0 Å². The van der Waals surface area contributed by atoms with E-state index in [0.29, 0.717) is 46.2 Å². The summed E-state index contributed by atoms with van der Waals surface area (Å²) in [7, 11) is 0. The molecule has 0 spiro atoms. The minimum absolute atomic E-state index is 0.151. The molecule has 1 heterocycles. The molecule has 0 atom stereocenters. The first-order chi connectivity index (χ1) is 12.8. The molecule has 5 nitrogen and oxygen atoms in total. The van der Waals surface area contributed by atoms with Gasteiger partial charge in [-0.3, -0.25) is 4.79 Å². The molecule has 8 heteroatoms. The van der Waals surface area contributed by atoms with Gasteiger partial charge in [-0.15, -0.1) is 11.3 Å². The van der Waals surface area contributed by atoms with Gasteiger partial charge in [0, 0.05) is 17.5 Å². The van der Waals surface area contributed by atoms with Gasteiger partial charge in [-0.2, -0.15) is 0 Å². The summed E-state index contributed by atoms with van der Waals surface area (Å²) >= 11 is 13.3. The molecule has 1 aromatic carbocycles. The van der Waals surface area contributed by atoms with Crippen LogP contribution >= 0.6 is 34.5 Å². The van der Waals surface area contributed by atoms with E-state index in [1.165, 1.54) is 11.3 Å². The lowest BCUT2D eigenvalue weighted by molar-refractivity contribution is 0.0520. The third-order valence-electron chi connectivity index (χ3n) is 3.79. The number of aromatic nitrogens is 1. The summed E-state index contributed by atoms with van der Waals surface area (Å²) in [6.07, 6.45) is 0.850. The smallest absolute Gasteiger partial charge is 0.357 e. The van der Waals surface area contributed by atoms with Gasteiger partial charge in [0.1, 0.15) is 5.01 Å². The molecule has 1 aromatic heterocycles. The van der Waals surface area contributed by atoms with Crippen LogP contribution in [0.1, 0.15) is 53.0 Å². The summed E-state index contributed by atoms with van der Waals surface area (Å²) < 4.78 is 4.96. The number of hydrogen-bond donors (Lipinski definition) is 0. The number of amides is 1. The minimum atomic E-state index is -0.454. The Kier molecular flexibility index (Phi) is 8.07. The molecule has 1 amide bonds. The molecule has 146 valence electrons. The predicted molar refractivity (Wildman–Crippen MR) is 109 cm³/mol. The van der Waals surface area contributed by atoms with Gasteiger partial charge in [-0.25, -0.2) is 9.78 Å². The Balaban J connectivity index is 2.19. The third kappa shape index (κ3) is 6.19. The maximum atomic E-state index is 13.0. The van der Waals surface area contributed by atoms with E-state index in [4.69, 9.17) is 27.9 Å². The van der Waals surface area contributed by atoms with Crippen LogP contribution in [0.25, 0.3) is 0 Å². The second kappa shape index (κ2) is 10.1. The zero-order chi connectivity index (χ0) is 20.0. The Hall–Kier alpha value is -1.63. The summed E-state index contributed by atoms with van der Waals surface area (Å²) in [6.45, 7) is 7.13. The van der Waals surface area contributed by atoms with E-state index in [9.17, 15) is 9.59 Å². The maximum Gasteiger partial charge on any atom is 0.357 e. The summed E-state index contributed by atoms with van der Waals surface area (Å²) in [5.41, 5.74) is 0.734. The van der Waals surface area contributed by atoms with Gasteiger partial charge in [0.05, 0.1) is 23.2 Å². The maximum absolute atomic E-state index is 13.0. The number of nitrogens with zero attached hydrogens (tertiary/aromatic N) is 2. The third-order valence-corrected chi connectivity index (χ3v) is 5.37. The summed E-state index contributed by atoms with van der Waals surface area (Å²) in [6, 6.07) is 4.84. The van der Waals surface area contributed by atoms with Crippen LogP contribution in [0.2, 0.25) is 10.0 Å². The number of hydrogen-bond acceptors (Lipinski definition) is 5. The molecule has 0 aliphatic heterocycles. The van der Waals surface area contributed by atoms with Crippen LogP contribution in [-0.4, -0.2) is 34.9 Å². The van der Waals surface area contributed by atoms with Crippen molar-refractivity contribution < 1.29 is 14.3 Å². The number of carbonyl (C=O) groups is 2. The Bertz CT molecular complexity index is 808. The van der Waals surface area contributed by atoms with Crippen LogP contribution < -0.4 is 0 Å². The highest BCUT2D eigenvalue weighted by atomic mass is 35.5. The van der Waals surface area contributed by atoms with E-state index >= 15 is 0 Å². The average molecular weight is 429 g/mol. The highest BCUT2D eigenvalue weighted by Crippen LogP contribution is 2.24. The monoisotopic (exact) mass is 428 g/mol. The van der Waals surface area contributed by atoms with E-state index in [0.717, 1.165) is 6.42 Å². The number of thiazole rings is 1. The van der Waals surface area contributed by atoms with Crippen LogP contribution in [0.5, 0.6) is 0 Å². The Morgan fingerprint density at radius 2 is 2.00 bits per heavy atom. The van der Waals surface area contributed by atoms with Crippen molar-refractivity contribution in [2.24, 2.45) is 5.92 Å². The SMILES string of the molecule is CCOC(=O)c1csc(CN(CCC(C)C)C(=O)c2ccc(Cl)c(Cl)c2)n1. The van der Waals surface area contributed by atoms with E-state index in [1.54, 1.807) is 35.4 Å². The quantitative estimate of drug-likeness (QED) is 0.534. The van der Waals surface area contributed by atoms with E-state index < -0.39 is 5.97 Å². The predicted octanol–water partition coefficient (Wildman–Crippen LogP) is 5.32. The molecule has 0 aliphatic carbocycles. The van der Waals surface area contributed by atoms with Gasteiger partial charge in [0.25, 0.3) is 5.91 Å². The highest BCUT2D eigenvalue weighted by molar-refractivity contribution is 7.09. The molecule has 0 aliphatic rings. The fourth-order valence-corrected chi connectivity index (χ4v) is 3.40. The van der Waals surface area contributed by atoms with Gasteiger partial charge in [-0.1, -0.05) is 37.0 Å². The lowest BCUT2D eigenvalue weighted by Gasteiger charge is -2.23. The Morgan fingerprint density at radius 3 is 2.63 bits per heavy atom. The van der Waals surface area contributed by atoms with Crippen molar-refractivity contribution in [1.82, 2.24) is 9.88 Å². The molecule has 0 unspecified atom stereocenters. The van der Waals surface area contributed by atoms with E-state index in [2.05, 4.69) is 18.8 Å². The number of halogens is 2. The van der Waals surface area contributed by atoms with Crippen molar-refractivity contribution in [1.29, 1.82) is 0 Å². The van der Waals surface area contributed by atoms with Gasteiger partial charge < -0.3 is 9.64 Å². The standard InChI is InChI=1S/C19H22Cl2N2O3S/c1-4-26-19(25)16-11-27-17(22-16)10-23(8-7-12(2)3)18(24)13-5-6-14(20)15(21)9-13/h5-6,9,11-12H,4,7-8,10H2,1-3H3.